The van der Waals surface area contributed by atoms with E-state index in [4.69, 9.17) is 0 Å². The molecule has 0 atom stereocenters. The molecule has 0 radical (unpaired) electrons. The van der Waals surface area contributed by atoms with Gasteiger partial charge in [0.25, 0.3) is 5.91 Å². The number of hydrogen-bond donors (Lipinski definition) is 2. The Morgan fingerprint density at radius 3 is 2.35 bits per heavy atom. The van der Waals surface area contributed by atoms with Gasteiger partial charge in [-0.15, -0.1) is 11.8 Å². The minimum atomic E-state index is -4.76. The third-order valence-corrected chi connectivity index (χ3v) is 7.78. The van der Waals surface area contributed by atoms with Crippen molar-refractivity contribution >= 4 is 33.4 Å². The Balaban J connectivity index is 1.63. The zero-order valence-corrected chi connectivity index (χ0v) is 18.4. The first-order valence-corrected chi connectivity index (χ1v) is 12.2. The van der Waals surface area contributed by atoms with E-state index >= 15 is 0 Å². The molecule has 1 aliphatic heterocycles. The van der Waals surface area contributed by atoms with Gasteiger partial charge >= 0.3 is 6.18 Å². The van der Waals surface area contributed by atoms with Gasteiger partial charge in [-0.3, -0.25) is 4.79 Å². The molecule has 31 heavy (non-hydrogen) atoms. The maximum atomic E-state index is 13.3. The van der Waals surface area contributed by atoms with Crippen LogP contribution in [0.5, 0.6) is 0 Å². The number of anilines is 1. The highest BCUT2D eigenvalue weighted by atomic mass is 32.2. The number of hydrogen-bond acceptors (Lipinski definition) is 4. The molecule has 0 bridgehead atoms. The van der Waals surface area contributed by atoms with Crippen LogP contribution in [0.4, 0.5) is 18.9 Å². The molecule has 11 heteroatoms. The third-order valence-electron chi connectivity index (χ3n) is 5.03. The quantitative estimate of drug-likeness (QED) is 0.628. The van der Waals surface area contributed by atoms with Crippen LogP contribution in [0.1, 0.15) is 5.56 Å². The largest absolute Gasteiger partial charge is 0.417 e. The number of amides is 1. The first-order valence-electron chi connectivity index (χ1n) is 9.55. The van der Waals surface area contributed by atoms with Crippen molar-refractivity contribution in [2.45, 2.75) is 16.0 Å². The van der Waals surface area contributed by atoms with Crippen molar-refractivity contribution in [2.24, 2.45) is 0 Å². The molecule has 1 amide bonds. The van der Waals surface area contributed by atoms with Crippen molar-refractivity contribution in [3.05, 3.63) is 54.1 Å². The van der Waals surface area contributed by atoms with Crippen LogP contribution in [0.25, 0.3) is 0 Å². The number of quaternary nitrogens is 1. The molecule has 2 N–H and O–H groups in total. The number of carbonyl (C=O) groups is 1. The summed E-state index contributed by atoms with van der Waals surface area (Å²) in [7, 11) is -4.29. The van der Waals surface area contributed by atoms with Crippen LogP contribution in [0.2, 0.25) is 0 Å². The second-order valence-electron chi connectivity index (χ2n) is 7.07. The first kappa shape index (κ1) is 23.6. The molecular formula is C20H23F3N3O3S2+. The second-order valence-corrected chi connectivity index (χ2v) is 9.83. The van der Waals surface area contributed by atoms with Crippen molar-refractivity contribution in [1.29, 1.82) is 0 Å². The number of thioether (sulfide) groups is 1. The summed E-state index contributed by atoms with van der Waals surface area (Å²) in [6.45, 7) is 0.878. The van der Waals surface area contributed by atoms with Gasteiger partial charge in [-0.2, -0.15) is 17.5 Å². The van der Waals surface area contributed by atoms with Crippen molar-refractivity contribution in [3.8, 4) is 0 Å². The second kappa shape index (κ2) is 9.60. The van der Waals surface area contributed by atoms with Gasteiger partial charge < -0.3 is 10.2 Å². The molecule has 2 aromatic carbocycles. The van der Waals surface area contributed by atoms with E-state index in [0.29, 0.717) is 18.8 Å². The summed E-state index contributed by atoms with van der Waals surface area (Å²) in [5.74, 6) is -0.199. The summed E-state index contributed by atoms with van der Waals surface area (Å²) < 4.78 is 66.5. The van der Waals surface area contributed by atoms with Gasteiger partial charge in [-0.1, -0.05) is 24.3 Å². The Kier molecular flexibility index (Phi) is 7.30. The standard InChI is InChI=1S/C20H22F3N3O3S2/c1-30-17-8-4-3-7-16(17)24-19(27)14-25-10-12-26(13-11-25)31(28,29)18-9-5-2-6-15(18)20(21,22)23/h2-9H,10-14H2,1H3,(H,24,27)/p+1. The van der Waals surface area contributed by atoms with E-state index in [2.05, 4.69) is 5.32 Å². The maximum Gasteiger partial charge on any atom is 0.417 e. The van der Waals surface area contributed by atoms with Gasteiger partial charge in [0.05, 0.1) is 42.3 Å². The van der Waals surface area contributed by atoms with Crippen LogP contribution in [-0.4, -0.2) is 57.6 Å². The number of sulfonamides is 1. The Labute approximate surface area is 183 Å². The lowest BCUT2D eigenvalue weighted by atomic mass is 10.2. The molecule has 0 spiro atoms. The zero-order chi connectivity index (χ0) is 22.6. The summed E-state index contributed by atoms with van der Waals surface area (Å²) in [5.41, 5.74) is -0.457. The molecule has 168 valence electrons. The molecule has 1 heterocycles. The Morgan fingerprint density at radius 1 is 1.10 bits per heavy atom. The van der Waals surface area contributed by atoms with Crippen LogP contribution >= 0.6 is 11.8 Å². The first-order chi connectivity index (χ1) is 14.6. The lowest BCUT2D eigenvalue weighted by Gasteiger charge is -2.31. The summed E-state index contributed by atoms with van der Waals surface area (Å²) in [6.07, 6.45) is -2.85. The van der Waals surface area contributed by atoms with Crippen molar-refractivity contribution < 1.29 is 31.3 Å². The average molecular weight is 475 g/mol. The number of piperazine rings is 1. The van der Waals surface area contributed by atoms with Crippen LogP contribution in [0.3, 0.4) is 0 Å². The topological polar surface area (TPSA) is 70.9 Å². The number of alkyl halides is 3. The molecule has 0 unspecified atom stereocenters. The molecule has 0 saturated carbocycles. The van der Waals surface area contributed by atoms with Crippen molar-refractivity contribution in [3.63, 3.8) is 0 Å². The van der Waals surface area contributed by atoms with Gasteiger partial charge in [0, 0.05) is 4.90 Å². The predicted molar refractivity (Wildman–Crippen MR) is 113 cm³/mol. The fraction of sp³-hybridized carbons (Fsp3) is 0.350. The molecule has 1 saturated heterocycles. The Bertz CT molecular complexity index is 1040. The number of nitrogens with one attached hydrogen (secondary N) is 2. The normalized spacial score (nSPS) is 16.3. The molecule has 0 aromatic heterocycles. The maximum absolute atomic E-state index is 13.3. The molecule has 3 rings (SSSR count). The van der Waals surface area contributed by atoms with Gasteiger partial charge in [0.15, 0.2) is 6.54 Å². The monoisotopic (exact) mass is 474 g/mol. The van der Waals surface area contributed by atoms with Crippen molar-refractivity contribution in [2.75, 3.05) is 44.3 Å². The molecule has 1 fully saturated rings. The van der Waals surface area contributed by atoms with E-state index in [1.54, 1.807) is 0 Å². The number of halogens is 3. The summed E-state index contributed by atoms with van der Waals surface area (Å²) in [4.78, 5) is 13.5. The number of rotatable bonds is 6. The number of para-hydroxylation sites is 1. The van der Waals surface area contributed by atoms with Crippen LogP contribution < -0.4 is 10.2 Å². The van der Waals surface area contributed by atoms with E-state index in [1.165, 1.54) is 17.8 Å². The Hall–Kier alpha value is -2.08. The van der Waals surface area contributed by atoms with Crippen LogP contribution in [-0.2, 0) is 21.0 Å². The molecular weight excluding hydrogens is 451 g/mol. The van der Waals surface area contributed by atoms with Gasteiger partial charge in [0.1, 0.15) is 0 Å². The van der Waals surface area contributed by atoms with Crippen LogP contribution in [0.15, 0.2) is 58.3 Å². The van der Waals surface area contributed by atoms with E-state index < -0.39 is 26.7 Å². The number of benzene rings is 2. The smallest absolute Gasteiger partial charge is 0.325 e. The highest BCUT2D eigenvalue weighted by molar-refractivity contribution is 7.98. The lowest BCUT2D eigenvalue weighted by molar-refractivity contribution is -0.895. The minimum absolute atomic E-state index is 0.0402. The van der Waals surface area contributed by atoms with Crippen molar-refractivity contribution in [1.82, 2.24) is 4.31 Å². The minimum Gasteiger partial charge on any atom is -0.325 e. The highest BCUT2D eigenvalue weighted by Gasteiger charge is 2.40. The van der Waals surface area contributed by atoms with Gasteiger partial charge in [-0.05, 0) is 30.5 Å². The van der Waals surface area contributed by atoms with E-state index in [1.807, 2.05) is 30.5 Å². The van der Waals surface area contributed by atoms with E-state index in [9.17, 15) is 26.4 Å². The Morgan fingerprint density at radius 2 is 1.71 bits per heavy atom. The predicted octanol–water partition coefficient (Wildman–Crippen LogP) is 1.96. The molecule has 0 aliphatic carbocycles. The van der Waals surface area contributed by atoms with E-state index in [-0.39, 0.29) is 25.5 Å². The SMILES string of the molecule is CSc1ccccc1NC(=O)C[NH+]1CCN(S(=O)(=O)c2ccccc2C(F)(F)F)CC1. The third kappa shape index (κ3) is 5.59. The fourth-order valence-corrected chi connectivity index (χ4v) is 5.66. The summed E-state index contributed by atoms with van der Waals surface area (Å²) in [5, 5.41) is 2.86. The van der Waals surface area contributed by atoms with Gasteiger partial charge in [0.2, 0.25) is 10.0 Å². The zero-order valence-electron chi connectivity index (χ0n) is 16.8. The van der Waals surface area contributed by atoms with Gasteiger partial charge in [-0.25, -0.2) is 8.42 Å². The summed E-state index contributed by atoms with van der Waals surface area (Å²) >= 11 is 1.51. The average Bonchev–Trinajstić information content (AvgIpc) is 2.74. The molecule has 2 aromatic rings. The molecule has 1 aliphatic rings. The lowest BCUT2D eigenvalue weighted by Crippen LogP contribution is -3.15. The molecule has 6 nitrogen and oxygen atoms in total. The summed E-state index contributed by atoms with van der Waals surface area (Å²) in [6, 6.07) is 11.6. The van der Waals surface area contributed by atoms with E-state index in [0.717, 1.165) is 32.3 Å². The highest BCUT2D eigenvalue weighted by Crippen LogP contribution is 2.35. The fourth-order valence-electron chi connectivity index (χ4n) is 3.45. The van der Waals surface area contributed by atoms with Crippen LogP contribution in [0, 0.1) is 0 Å². The number of carbonyl (C=O) groups excluding carboxylic acids is 1. The number of nitrogens with zero attached hydrogens (tertiary/aromatic N) is 1.